The quantitative estimate of drug-likeness (QED) is 0.267. The van der Waals surface area contributed by atoms with Crippen molar-refractivity contribution < 1.29 is 18.9 Å². The second-order valence-corrected chi connectivity index (χ2v) is 7.86. The SMILES string of the molecule is CC(C)(c1cc(OCBr)cc(OCBr)c1)c1cc(OCBr)cc(OCBr)c1. The molecule has 0 spiro atoms. The first-order valence-electron chi connectivity index (χ1n) is 8.00. The molecule has 0 aromatic heterocycles. The number of alkyl halides is 4. The molecule has 0 radical (unpaired) electrons. The molecule has 4 nitrogen and oxygen atoms in total. The van der Waals surface area contributed by atoms with Crippen LogP contribution in [-0.2, 0) is 5.41 Å². The van der Waals surface area contributed by atoms with E-state index in [2.05, 4.69) is 77.6 Å². The summed E-state index contributed by atoms with van der Waals surface area (Å²) < 4.78 is 22.6. The van der Waals surface area contributed by atoms with Crippen LogP contribution in [0.1, 0.15) is 25.0 Å². The van der Waals surface area contributed by atoms with Crippen LogP contribution in [0.25, 0.3) is 0 Å². The Morgan fingerprint density at radius 1 is 0.556 bits per heavy atom. The van der Waals surface area contributed by atoms with Gasteiger partial charge in [0.15, 0.2) is 0 Å². The van der Waals surface area contributed by atoms with Crippen LogP contribution in [0.2, 0.25) is 0 Å². The van der Waals surface area contributed by atoms with Crippen molar-refractivity contribution in [3.63, 3.8) is 0 Å². The van der Waals surface area contributed by atoms with E-state index < -0.39 is 0 Å². The molecule has 0 amide bonds. The monoisotopic (exact) mass is 628 g/mol. The third-order valence-corrected chi connectivity index (χ3v) is 5.00. The first-order valence-corrected chi connectivity index (χ1v) is 12.5. The number of hydrogen-bond acceptors (Lipinski definition) is 4. The van der Waals surface area contributed by atoms with Crippen molar-refractivity contribution in [1.29, 1.82) is 0 Å². The number of benzene rings is 2. The Balaban J connectivity index is 2.52. The molecule has 27 heavy (non-hydrogen) atoms. The molecule has 2 rings (SSSR count). The van der Waals surface area contributed by atoms with Gasteiger partial charge in [-0.2, -0.15) is 0 Å². The van der Waals surface area contributed by atoms with Crippen molar-refractivity contribution in [3.8, 4) is 23.0 Å². The van der Waals surface area contributed by atoms with Gasteiger partial charge in [-0.15, -0.1) is 0 Å². The van der Waals surface area contributed by atoms with Crippen LogP contribution < -0.4 is 18.9 Å². The molecule has 148 valence electrons. The first-order chi connectivity index (χ1) is 12.9. The maximum absolute atomic E-state index is 5.65. The molecular formula is C19H20Br4O4. The lowest BCUT2D eigenvalue weighted by atomic mass is 9.78. The highest BCUT2D eigenvalue weighted by Crippen LogP contribution is 2.39. The molecular weight excluding hydrogens is 612 g/mol. The average molecular weight is 632 g/mol. The standard InChI is InChI=1S/C19H20Br4O4/c1-19(2,13-3-15(24-9-20)7-16(4-13)25-10-21)14-5-17(26-11-22)8-18(6-14)27-12-23/h3-8H,9-12H2,1-2H3. The summed E-state index contributed by atoms with van der Waals surface area (Å²) in [5.41, 5.74) is 3.39. The second kappa shape index (κ2) is 10.9. The summed E-state index contributed by atoms with van der Waals surface area (Å²) in [6.07, 6.45) is 0. The fourth-order valence-electron chi connectivity index (χ4n) is 2.62. The number of hydrogen-bond donors (Lipinski definition) is 0. The first kappa shape index (κ1) is 22.8. The van der Waals surface area contributed by atoms with Crippen LogP contribution in [0.4, 0.5) is 0 Å². The van der Waals surface area contributed by atoms with Gasteiger partial charge >= 0.3 is 0 Å². The molecule has 0 heterocycles. The molecule has 0 atom stereocenters. The van der Waals surface area contributed by atoms with Gasteiger partial charge in [-0.05, 0) is 99.1 Å². The lowest BCUT2D eigenvalue weighted by Crippen LogP contribution is -2.19. The van der Waals surface area contributed by atoms with Gasteiger partial charge in [0.1, 0.15) is 45.1 Å². The minimum atomic E-state index is -0.341. The molecule has 0 saturated heterocycles. The predicted octanol–water partition coefficient (Wildman–Crippen LogP) is 6.94. The van der Waals surface area contributed by atoms with E-state index in [1.54, 1.807) is 0 Å². The molecule has 2 aromatic rings. The topological polar surface area (TPSA) is 36.9 Å². The highest BCUT2D eigenvalue weighted by atomic mass is 79.9. The van der Waals surface area contributed by atoms with Crippen molar-refractivity contribution in [2.24, 2.45) is 0 Å². The van der Waals surface area contributed by atoms with Gasteiger partial charge in [-0.1, -0.05) is 13.8 Å². The summed E-state index contributed by atoms with van der Waals surface area (Å²) >= 11 is 13.2. The number of ether oxygens (including phenoxy) is 4. The fraction of sp³-hybridized carbons (Fsp3) is 0.368. The van der Waals surface area contributed by atoms with Gasteiger partial charge in [0.2, 0.25) is 0 Å². The molecule has 0 aliphatic heterocycles. The van der Waals surface area contributed by atoms with E-state index in [0.29, 0.717) is 22.1 Å². The van der Waals surface area contributed by atoms with Gasteiger partial charge in [0.25, 0.3) is 0 Å². The zero-order valence-electron chi connectivity index (χ0n) is 14.9. The maximum Gasteiger partial charge on any atom is 0.143 e. The Labute approximate surface area is 193 Å². The summed E-state index contributed by atoms with van der Waals surface area (Å²) in [7, 11) is 0. The van der Waals surface area contributed by atoms with Crippen LogP contribution in [0.3, 0.4) is 0 Å². The lowest BCUT2D eigenvalue weighted by molar-refractivity contribution is 0.373. The summed E-state index contributed by atoms with van der Waals surface area (Å²) in [6, 6.07) is 11.8. The molecule has 0 aliphatic rings. The van der Waals surface area contributed by atoms with Crippen LogP contribution in [-0.4, -0.2) is 22.1 Å². The minimum Gasteiger partial charge on any atom is -0.482 e. The molecule has 0 saturated carbocycles. The molecule has 0 bridgehead atoms. The predicted molar refractivity (Wildman–Crippen MR) is 123 cm³/mol. The molecule has 0 aliphatic carbocycles. The fourth-order valence-corrected chi connectivity index (χ4v) is 3.67. The summed E-state index contributed by atoms with van der Waals surface area (Å²) in [5.74, 6) is 2.94. The number of halogens is 4. The van der Waals surface area contributed by atoms with Gasteiger partial charge in [0, 0.05) is 17.5 Å². The maximum atomic E-state index is 5.65. The molecule has 0 fully saturated rings. The largest absolute Gasteiger partial charge is 0.482 e. The van der Waals surface area contributed by atoms with E-state index in [0.717, 1.165) is 34.1 Å². The zero-order chi connectivity index (χ0) is 19.9. The van der Waals surface area contributed by atoms with E-state index >= 15 is 0 Å². The smallest absolute Gasteiger partial charge is 0.143 e. The minimum absolute atomic E-state index is 0.341. The zero-order valence-corrected chi connectivity index (χ0v) is 21.3. The number of rotatable bonds is 10. The van der Waals surface area contributed by atoms with Gasteiger partial charge in [-0.3, -0.25) is 0 Å². The highest BCUT2D eigenvalue weighted by molar-refractivity contribution is 9.09. The Kier molecular flexibility index (Phi) is 9.25. The Morgan fingerprint density at radius 3 is 1.04 bits per heavy atom. The van der Waals surface area contributed by atoms with E-state index in [-0.39, 0.29) is 5.41 Å². The lowest BCUT2D eigenvalue weighted by Gasteiger charge is -2.28. The summed E-state index contributed by atoms with van der Waals surface area (Å²) in [4.78, 5) is 0. The summed E-state index contributed by atoms with van der Waals surface area (Å²) in [6.45, 7) is 4.28. The third-order valence-electron chi connectivity index (χ3n) is 4.09. The molecule has 0 unspecified atom stereocenters. The molecule has 8 heteroatoms. The van der Waals surface area contributed by atoms with Crippen molar-refractivity contribution >= 4 is 63.7 Å². The molecule has 2 aromatic carbocycles. The molecule has 0 N–H and O–H groups in total. The average Bonchev–Trinajstić information content (AvgIpc) is 2.62. The normalized spacial score (nSPS) is 11.2. The highest BCUT2D eigenvalue weighted by Gasteiger charge is 2.26. The van der Waals surface area contributed by atoms with Gasteiger partial charge < -0.3 is 18.9 Å². The Hall–Kier alpha value is -0.440. The van der Waals surface area contributed by atoms with E-state index in [1.807, 2.05) is 36.4 Å². The van der Waals surface area contributed by atoms with E-state index in [1.165, 1.54) is 0 Å². The van der Waals surface area contributed by atoms with E-state index in [9.17, 15) is 0 Å². The van der Waals surface area contributed by atoms with Crippen LogP contribution in [0, 0.1) is 0 Å². The Morgan fingerprint density at radius 2 is 0.815 bits per heavy atom. The van der Waals surface area contributed by atoms with Crippen molar-refractivity contribution in [1.82, 2.24) is 0 Å². The summed E-state index contributed by atoms with van der Waals surface area (Å²) in [5, 5.41) is 0. The van der Waals surface area contributed by atoms with Crippen LogP contribution in [0.15, 0.2) is 36.4 Å². The van der Waals surface area contributed by atoms with Gasteiger partial charge in [0.05, 0.1) is 0 Å². The van der Waals surface area contributed by atoms with Crippen molar-refractivity contribution in [2.45, 2.75) is 19.3 Å². The second-order valence-electron chi connectivity index (χ2n) is 6.02. The van der Waals surface area contributed by atoms with Crippen LogP contribution >= 0.6 is 63.7 Å². The van der Waals surface area contributed by atoms with Gasteiger partial charge in [-0.25, -0.2) is 0 Å². The third kappa shape index (κ3) is 6.27. The Bertz CT molecular complexity index is 642. The van der Waals surface area contributed by atoms with E-state index in [4.69, 9.17) is 18.9 Å². The van der Waals surface area contributed by atoms with Crippen molar-refractivity contribution in [3.05, 3.63) is 47.5 Å². The van der Waals surface area contributed by atoms with Crippen molar-refractivity contribution in [2.75, 3.05) is 22.1 Å². The van der Waals surface area contributed by atoms with Crippen LogP contribution in [0.5, 0.6) is 23.0 Å².